The zero-order valence-electron chi connectivity index (χ0n) is 12.4. The molecule has 0 radical (unpaired) electrons. The molecule has 1 aliphatic rings. The summed E-state index contributed by atoms with van der Waals surface area (Å²) in [5.74, 6) is -1.12. The van der Waals surface area contributed by atoms with Gasteiger partial charge in [0.15, 0.2) is 0 Å². The van der Waals surface area contributed by atoms with Gasteiger partial charge in [0, 0.05) is 23.7 Å². The van der Waals surface area contributed by atoms with E-state index in [0.717, 1.165) is 0 Å². The van der Waals surface area contributed by atoms with E-state index in [-0.39, 0.29) is 23.0 Å². The predicted molar refractivity (Wildman–Crippen MR) is 86.0 cm³/mol. The maximum absolute atomic E-state index is 12.7. The van der Waals surface area contributed by atoms with E-state index in [0.29, 0.717) is 16.8 Å². The van der Waals surface area contributed by atoms with Crippen molar-refractivity contribution in [1.82, 2.24) is 5.32 Å². The number of fused-ring (bicyclic) bond motifs is 1. The maximum atomic E-state index is 12.7. The number of nitrogens with one attached hydrogen (secondary N) is 2. The third-order valence-electron chi connectivity index (χ3n) is 3.46. The third kappa shape index (κ3) is 2.76. The molecule has 23 heavy (non-hydrogen) atoms. The molecule has 0 saturated heterocycles. The Morgan fingerprint density at radius 3 is 1.87 bits per heavy atom. The minimum atomic E-state index is -0.409. The van der Waals surface area contributed by atoms with Gasteiger partial charge < -0.3 is 10.6 Å². The second kappa shape index (κ2) is 5.88. The van der Waals surface area contributed by atoms with E-state index >= 15 is 0 Å². The van der Waals surface area contributed by atoms with Crippen molar-refractivity contribution in [2.24, 2.45) is 0 Å². The Bertz CT molecular complexity index is 838. The summed E-state index contributed by atoms with van der Waals surface area (Å²) in [6.45, 7) is 1.30. The summed E-state index contributed by atoms with van der Waals surface area (Å²) < 4.78 is 0. The molecule has 0 aromatic heterocycles. The lowest BCUT2D eigenvalue weighted by Crippen LogP contribution is -2.35. The highest BCUT2D eigenvalue weighted by Gasteiger charge is 2.32. The van der Waals surface area contributed by atoms with Gasteiger partial charge in [-0.15, -0.1) is 0 Å². The molecule has 5 nitrogen and oxygen atoms in total. The maximum Gasteiger partial charge on any atom is 0.221 e. The molecule has 0 spiro atoms. The number of ketones is 2. The number of benzene rings is 2. The van der Waals surface area contributed by atoms with Crippen LogP contribution in [0.5, 0.6) is 0 Å². The summed E-state index contributed by atoms with van der Waals surface area (Å²) in [6, 6.07) is 15.6. The minimum Gasteiger partial charge on any atom is -0.350 e. The highest BCUT2D eigenvalue weighted by atomic mass is 16.2. The number of para-hydroxylation sites is 1. The predicted octanol–water partition coefficient (Wildman–Crippen LogP) is 2.53. The van der Waals surface area contributed by atoms with Crippen molar-refractivity contribution >= 4 is 23.2 Å². The molecule has 0 atom stereocenters. The second-order valence-corrected chi connectivity index (χ2v) is 5.13. The van der Waals surface area contributed by atoms with Gasteiger partial charge in [0.2, 0.25) is 17.5 Å². The van der Waals surface area contributed by atoms with Crippen LogP contribution in [0.4, 0.5) is 5.69 Å². The Morgan fingerprint density at radius 2 is 1.30 bits per heavy atom. The number of Topliss-reactive ketones (excluding diaryl/α,β-unsaturated/α-hetero) is 2. The van der Waals surface area contributed by atoms with Crippen LogP contribution >= 0.6 is 0 Å². The monoisotopic (exact) mass is 306 g/mol. The summed E-state index contributed by atoms with van der Waals surface area (Å²) in [6.07, 6.45) is 0. The molecule has 2 N–H and O–H groups in total. The molecule has 0 heterocycles. The van der Waals surface area contributed by atoms with Gasteiger partial charge in [0.1, 0.15) is 11.4 Å². The molecule has 0 unspecified atom stereocenters. The fourth-order valence-corrected chi connectivity index (χ4v) is 2.46. The largest absolute Gasteiger partial charge is 0.350 e. The summed E-state index contributed by atoms with van der Waals surface area (Å²) in [4.78, 5) is 36.8. The van der Waals surface area contributed by atoms with Crippen LogP contribution in [0.15, 0.2) is 66.0 Å². The first-order chi connectivity index (χ1) is 11.1. The molecule has 0 aliphatic heterocycles. The molecule has 2 aromatic carbocycles. The van der Waals surface area contributed by atoms with Crippen molar-refractivity contribution in [3.63, 3.8) is 0 Å². The lowest BCUT2D eigenvalue weighted by Gasteiger charge is -2.22. The molecule has 0 fully saturated rings. The molecule has 3 rings (SSSR count). The van der Waals surface area contributed by atoms with Crippen LogP contribution in [0.25, 0.3) is 0 Å². The van der Waals surface area contributed by atoms with Crippen molar-refractivity contribution in [3.05, 3.63) is 77.1 Å². The van der Waals surface area contributed by atoms with Gasteiger partial charge in [-0.3, -0.25) is 14.4 Å². The Morgan fingerprint density at radius 1 is 0.783 bits per heavy atom. The molecule has 1 aliphatic carbocycles. The van der Waals surface area contributed by atoms with Crippen LogP contribution in [0.1, 0.15) is 27.6 Å². The summed E-state index contributed by atoms with van der Waals surface area (Å²) in [5.41, 5.74) is 1.33. The smallest absolute Gasteiger partial charge is 0.221 e. The van der Waals surface area contributed by atoms with Gasteiger partial charge in [-0.05, 0) is 12.1 Å². The second-order valence-electron chi connectivity index (χ2n) is 5.13. The molecule has 5 heteroatoms. The van der Waals surface area contributed by atoms with Gasteiger partial charge >= 0.3 is 0 Å². The van der Waals surface area contributed by atoms with Crippen LogP contribution < -0.4 is 10.6 Å². The summed E-state index contributed by atoms with van der Waals surface area (Å²) >= 11 is 0. The number of rotatable bonds is 3. The van der Waals surface area contributed by atoms with Crippen molar-refractivity contribution in [3.8, 4) is 0 Å². The molecule has 0 saturated carbocycles. The Kier molecular flexibility index (Phi) is 3.76. The van der Waals surface area contributed by atoms with Crippen LogP contribution in [0, 0.1) is 0 Å². The zero-order valence-corrected chi connectivity index (χ0v) is 12.4. The van der Waals surface area contributed by atoms with Gasteiger partial charge in [0.25, 0.3) is 0 Å². The number of hydrogen-bond acceptors (Lipinski definition) is 4. The van der Waals surface area contributed by atoms with Crippen LogP contribution in [-0.2, 0) is 4.79 Å². The first-order valence-electron chi connectivity index (χ1n) is 7.10. The van der Waals surface area contributed by atoms with Crippen LogP contribution in [0.3, 0.4) is 0 Å². The highest BCUT2D eigenvalue weighted by molar-refractivity contribution is 6.28. The molecular formula is C18H14N2O3. The molecular weight excluding hydrogens is 292 g/mol. The normalized spacial score (nSPS) is 13.6. The van der Waals surface area contributed by atoms with Crippen LogP contribution in [-0.4, -0.2) is 17.5 Å². The van der Waals surface area contributed by atoms with Crippen molar-refractivity contribution in [2.45, 2.75) is 6.92 Å². The van der Waals surface area contributed by atoms with E-state index in [1.54, 1.807) is 36.4 Å². The third-order valence-corrected chi connectivity index (χ3v) is 3.46. The molecule has 1 amide bonds. The number of anilines is 1. The van der Waals surface area contributed by atoms with Crippen molar-refractivity contribution in [1.29, 1.82) is 0 Å². The van der Waals surface area contributed by atoms with Crippen molar-refractivity contribution < 1.29 is 14.4 Å². The number of carbonyl (C=O) groups is 3. The summed E-state index contributed by atoms with van der Waals surface area (Å²) in [5, 5.41) is 5.43. The molecule has 114 valence electrons. The topological polar surface area (TPSA) is 75.3 Å². The Balaban J connectivity index is 2.11. The summed E-state index contributed by atoms with van der Waals surface area (Å²) in [7, 11) is 0. The number of carbonyl (C=O) groups excluding carboxylic acids is 3. The average molecular weight is 306 g/mol. The fourth-order valence-electron chi connectivity index (χ4n) is 2.46. The van der Waals surface area contributed by atoms with Crippen molar-refractivity contribution in [2.75, 3.05) is 5.32 Å². The first-order valence-corrected chi connectivity index (χ1v) is 7.10. The van der Waals surface area contributed by atoms with E-state index in [1.165, 1.54) is 6.92 Å². The Labute approximate surface area is 133 Å². The van der Waals surface area contributed by atoms with Gasteiger partial charge in [-0.2, -0.15) is 0 Å². The fraction of sp³-hybridized carbons (Fsp3) is 0.0556. The van der Waals surface area contributed by atoms with Gasteiger partial charge in [-0.1, -0.05) is 42.5 Å². The van der Waals surface area contributed by atoms with E-state index in [2.05, 4.69) is 10.6 Å². The average Bonchev–Trinajstić information content (AvgIpc) is 2.56. The molecule has 0 bridgehead atoms. The first kappa shape index (κ1) is 14.7. The highest BCUT2D eigenvalue weighted by Crippen LogP contribution is 2.26. The lowest BCUT2D eigenvalue weighted by atomic mass is 9.90. The van der Waals surface area contributed by atoms with E-state index in [1.807, 2.05) is 18.2 Å². The number of amides is 1. The van der Waals surface area contributed by atoms with Gasteiger partial charge in [-0.25, -0.2) is 0 Å². The SMILES string of the molecule is CC(=O)NC1=C(Nc2ccccc2)C(=O)c2ccccc2C1=O. The minimum absolute atomic E-state index is 0.0231. The standard InChI is InChI=1S/C18H14N2O3/c1-11(21)19-15-16(20-12-7-3-2-4-8-12)18(23)14-10-6-5-9-13(14)17(15)22/h2-10,20H,1H3,(H,19,21). The van der Waals surface area contributed by atoms with E-state index in [4.69, 9.17) is 0 Å². The Hall–Kier alpha value is -3.21. The number of allylic oxidation sites excluding steroid dienone is 2. The van der Waals surface area contributed by atoms with E-state index < -0.39 is 5.91 Å². The van der Waals surface area contributed by atoms with Gasteiger partial charge in [0.05, 0.1) is 0 Å². The quantitative estimate of drug-likeness (QED) is 0.913. The lowest BCUT2D eigenvalue weighted by molar-refractivity contribution is -0.118. The number of hydrogen-bond donors (Lipinski definition) is 2. The van der Waals surface area contributed by atoms with Crippen LogP contribution in [0.2, 0.25) is 0 Å². The molecule has 2 aromatic rings. The van der Waals surface area contributed by atoms with E-state index in [9.17, 15) is 14.4 Å². The zero-order chi connectivity index (χ0) is 16.4.